The lowest BCUT2D eigenvalue weighted by Crippen LogP contribution is -2.35. The molecule has 33 heavy (non-hydrogen) atoms. The van der Waals surface area contributed by atoms with Crippen molar-refractivity contribution in [1.29, 1.82) is 0 Å². The van der Waals surface area contributed by atoms with Gasteiger partial charge in [-0.1, -0.05) is 38.1 Å². The van der Waals surface area contributed by atoms with Gasteiger partial charge in [-0.05, 0) is 41.5 Å². The quantitative estimate of drug-likeness (QED) is 0.466. The Morgan fingerprint density at radius 1 is 1.03 bits per heavy atom. The SMILES string of the molecule is CC.O=C(Nc1ccccc1)c1n[nH]c2ccc(-c3cncc(CN4CCOCC4)c3)cc12. The van der Waals surface area contributed by atoms with E-state index in [9.17, 15) is 4.79 Å². The average molecular weight is 444 g/mol. The monoisotopic (exact) mass is 443 g/mol. The number of nitrogens with zero attached hydrogens (tertiary/aromatic N) is 3. The van der Waals surface area contributed by atoms with E-state index in [0.29, 0.717) is 5.69 Å². The topological polar surface area (TPSA) is 83.1 Å². The maximum absolute atomic E-state index is 12.8. The molecule has 0 aliphatic carbocycles. The number of para-hydroxylation sites is 1. The number of hydrogen-bond donors (Lipinski definition) is 2. The van der Waals surface area contributed by atoms with Crippen molar-refractivity contribution in [3.63, 3.8) is 0 Å². The number of carbonyl (C=O) groups is 1. The van der Waals surface area contributed by atoms with Gasteiger partial charge >= 0.3 is 0 Å². The minimum atomic E-state index is -0.242. The largest absolute Gasteiger partial charge is 0.379 e. The minimum Gasteiger partial charge on any atom is -0.379 e. The van der Waals surface area contributed by atoms with Crippen LogP contribution in [0.3, 0.4) is 0 Å². The van der Waals surface area contributed by atoms with Gasteiger partial charge in [0.15, 0.2) is 5.69 Å². The smallest absolute Gasteiger partial charge is 0.276 e. The molecule has 3 heterocycles. The molecule has 2 aromatic heterocycles. The Labute approximate surface area is 193 Å². The number of aromatic amines is 1. The van der Waals surface area contributed by atoms with Gasteiger partial charge in [-0.25, -0.2) is 0 Å². The third kappa shape index (κ3) is 5.45. The number of anilines is 1. The van der Waals surface area contributed by atoms with Crippen LogP contribution in [0.2, 0.25) is 0 Å². The number of amides is 1. The number of H-pyrrole nitrogens is 1. The first-order valence-electron chi connectivity index (χ1n) is 11.4. The number of benzene rings is 2. The van der Waals surface area contributed by atoms with E-state index < -0.39 is 0 Å². The first-order chi connectivity index (χ1) is 16.3. The summed E-state index contributed by atoms with van der Waals surface area (Å²) in [7, 11) is 0. The van der Waals surface area contributed by atoms with Gasteiger partial charge in [-0.2, -0.15) is 5.10 Å². The number of aromatic nitrogens is 3. The first-order valence-corrected chi connectivity index (χ1v) is 11.4. The van der Waals surface area contributed by atoms with Gasteiger partial charge in [0.2, 0.25) is 0 Å². The van der Waals surface area contributed by atoms with E-state index in [-0.39, 0.29) is 5.91 Å². The molecule has 7 nitrogen and oxygen atoms in total. The van der Waals surface area contributed by atoms with Gasteiger partial charge in [0, 0.05) is 48.7 Å². The molecule has 1 aliphatic heterocycles. The summed E-state index contributed by atoms with van der Waals surface area (Å²) in [5.74, 6) is -0.242. The Bertz CT molecular complexity index is 1200. The highest BCUT2D eigenvalue weighted by Crippen LogP contribution is 2.26. The van der Waals surface area contributed by atoms with Crippen molar-refractivity contribution < 1.29 is 9.53 Å². The summed E-state index contributed by atoms with van der Waals surface area (Å²) in [6, 6.07) is 17.5. The van der Waals surface area contributed by atoms with Crippen LogP contribution < -0.4 is 5.32 Å². The summed E-state index contributed by atoms with van der Waals surface area (Å²) in [6.45, 7) is 8.27. The first kappa shape index (κ1) is 22.6. The summed E-state index contributed by atoms with van der Waals surface area (Å²) in [5, 5.41) is 10.9. The zero-order chi connectivity index (χ0) is 23.0. The van der Waals surface area contributed by atoms with Crippen LogP contribution in [0.25, 0.3) is 22.0 Å². The van der Waals surface area contributed by atoms with E-state index in [2.05, 4.69) is 31.5 Å². The standard InChI is InChI=1S/C24H23N5O2.C2H6/c30-24(26-20-4-2-1-3-5-20)23-21-13-18(6-7-22(21)27-28-23)19-12-17(14-25-15-19)16-29-8-10-31-11-9-29;1-2/h1-7,12-15H,8-11,16H2,(H,26,30)(H,27,28);1-2H3. The van der Waals surface area contributed by atoms with E-state index >= 15 is 0 Å². The predicted molar refractivity (Wildman–Crippen MR) is 131 cm³/mol. The fourth-order valence-electron chi connectivity index (χ4n) is 3.83. The van der Waals surface area contributed by atoms with Crippen molar-refractivity contribution in [3.05, 3.63) is 78.2 Å². The van der Waals surface area contributed by atoms with Gasteiger partial charge in [0.25, 0.3) is 5.91 Å². The second kappa shape index (κ2) is 10.8. The predicted octanol–water partition coefficient (Wildman–Crippen LogP) is 4.74. The van der Waals surface area contributed by atoms with E-state index in [4.69, 9.17) is 4.74 Å². The van der Waals surface area contributed by atoms with Crippen molar-refractivity contribution in [1.82, 2.24) is 20.1 Å². The van der Waals surface area contributed by atoms with Gasteiger partial charge in [0.05, 0.1) is 18.7 Å². The van der Waals surface area contributed by atoms with Crippen LogP contribution in [-0.2, 0) is 11.3 Å². The summed E-state index contributed by atoms with van der Waals surface area (Å²) in [6.07, 6.45) is 3.77. The molecule has 5 rings (SSSR count). The second-order valence-electron chi connectivity index (χ2n) is 7.62. The Kier molecular flexibility index (Phi) is 7.44. The molecule has 1 aliphatic rings. The summed E-state index contributed by atoms with van der Waals surface area (Å²) in [5.41, 5.74) is 5.10. The van der Waals surface area contributed by atoms with Crippen LogP contribution in [0.1, 0.15) is 29.9 Å². The Morgan fingerprint density at radius 2 is 1.82 bits per heavy atom. The summed E-state index contributed by atoms with van der Waals surface area (Å²) < 4.78 is 5.43. The van der Waals surface area contributed by atoms with Gasteiger partial charge < -0.3 is 10.1 Å². The zero-order valence-electron chi connectivity index (χ0n) is 19.0. The Balaban J connectivity index is 0.00000126. The number of pyridine rings is 1. The zero-order valence-corrected chi connectivity index (χ0v) is 19.0. The maximum atomic E-state index is 12.8. The molecule has 2 N–H and O–H groups in total. The highest BCUT2D eigenvalue weighted by molar-refractivity contribution is 6.11. The fraction of sp³-hybridized carbons (Fsp3) is 0.269. The average Bonchev–Trinajstić information content (AvgIpc) is 3.30. The van der Waals surface area contributed by atoms with Crippen LogP contribution in [-0.4, -0.2) is 52.3 Å². The number of morpholine rings is 1. The number of hydrogen-bond acceptors (Lipinski definition) is 5. The highest BCUT2D eigenvalue weighted by atomic mass is 16.5. The lowest BCUT2D eigenvalue weighted by molar-refractivity contribution is 0.0341. The van der Waals surface area contributed by atoms with Crippen LogP contribution >= 0.6 is 0 Å². The molecule has 1 amide bonds. The molecule has 0 atom stereocenters. The number of carbonyl (C=O) groups excluding carboxylic acids is 1. The normalized spacial score (nSPS) is 13.9. The van der Waals surface area contributed by atoms with Crippen molar-refractivity contribution in [3.8, 4) is 11.1 Å². The van der Waals surface area contributed by atoms with Crippen molar-refractivity contribution in [2.45, 2.75) is 20.4 Å². The highest BCUT2D eigenvalue weighted by Gasteiger charge is 2.16. The fourth-order valence-corrected chi connectivity index (χ4v) is 3.83. The van der Waals surface area contributed by atoms with Gasteiger partial charge in [0.1, 0.15) is 0 Å². The molecule has 0 saturated carbocycles. The van der Waals surface area contributed by atoms with Crippen LogP contribution in [0.15, 0.2) is 67.0 Å². The molecule has 2 aromatic carbocycles. The molecular weight excluding hydrogens is 414 g/mol. The molecule has 7 heteroatoms. The Morgan fingerprint density at radius 3 is 2.61 bits per heavy atom. The number of rotatable bonds is 5. The molecule has 0 unspecified atom stereocenters. The summed E-state index contributed by atoms with van der Waals surface area (Å²) in [4.78, 5) is 19.6. The van der Waals surface area contributed by atoms with Crippen molar-refractivity contribution in [2.24, 2.45) is 0 Å². The number of nitrogens with one attached hydrogen (secondary N) is 2. The van der Waals surface area contributed by atoms with E-state index in [0.717, 1.165) is 66.1 Å². The second-order valence-corrected chi connectivity index (χ2v) is 7.62. The molecule has 1 saturated heterocycles. The van der Waals surface area contributed by atoms with Gasteiger partial charge in [-0.15, -0.1) is 0 Å². The maximum Gasteiger partial charge on any atom is 0.276 e. The lowest BCUT2D eigenvalue weighted by Gasteiger charge is -2.26. The van der Waals surface area contributed by atoms with Crippen LogP contribution in [0, 0.1) is 0 Å². The number of fused-ring (bicyclic) bond motifs is 1. The third-order valence-corrected chi connectivity index (χ3v) is 5.45. The van der Waals surface area contributed by atoms with E-state index in [1.54, 1.807) is 0 Å². The molecule has 0 radical (unpaired) electrons. The molecule has 170 valence electrons. The molecule has 0 spiro atoms. The molecular formula is C26H29N5O2. The summed E-state index contributed by atoms with van der Waals surface area (Å²) >= 11 is 0. The Hall–Kier alpha value is -3.55. The van der Waals surface area contributed by atoms with Crippen LogP contribution in [0.5, 0.6) is 0 Å². The van der Waals surface area contributed by atoms with Crippen LogP contribution in [0.4, 0.5) is 5.69 Å². The molecule has 1 fully saturated rings. The lowest BCUT2D eigenvalue weighted by atomic mass is 10.0. The molecule has 0 bridgehead atoms. The van der Waals surface area contributed by atoms with Crippen molar-refractivity contribution in [2.75, 3.05) is 31.6 Å². The van der Waals surface area contributed by atoms with Gasteiger partial charge in [-0.3, -0.25) is 19.8 Å². The third-order valence-electron chi connectivity index (χ3n) is 5.45. The van der Waals surface area contributed by atoms with E-state index in [1.165, 1.54) is 0 Å². The number of ether oxygens (including phenoxy) is 1. The minimum absolute atomic E-state index is 0.242. The van der Waals surface area contributed by atoms with Crippen molar-refractivity contribution >= 4 is 22.5 Å². The molecule has 4 aromatic rings. The van der Waals surface area contributed by atoms with E-state index in [1.807, 2.05) is 74.8 Å².